The molecule has 0 aromatic carbocycles. The zero-order valence-corrected chi connectivity index (χ0v) is 11.1. The number of morpholine rings is 1. The Bertz CT molecular complexity index is 404. The first-order valence-corrected chi connectivity index (χ1v) is 6.43. The molecule has 6 heteroatoms. The summed E-state index contributed by atoms with van der Waals surface area (Å²) in [5, 5.41) is 0. The van der Waals surface area contributed by atoms with Crippen LogP contribution in [0.4, 0.5) is 11.6 Å². The molecule has 1 aliphatic heterocycles. The second-order valence-corrected chi connectivity index (χ2v) is 4.43. The van der Waals surface area contributed by atoms with E-state index in [0.29, 0.717) is 0 Å². The molecule has 1 aromatic rings. The van der Waals surface area contributed by atoms with E-state index in [1.54, 1.807) is 0 Å². The third-order valence-corrected chi connectivity index (χ3v) is 3.09. The van der Waals surface area contributed by atoms with Gasteiger partial charge in [-0.25, -0.2) is 15.8 Å². The third kappa shape index (κ3) is 2.70. The standard InChI is InChI=1S/C12H21N5O/c1-3-4-10-14-11(16-13)9(2)12(15-10)17-5-7-18-8-6-17/h3-8,13H2,1-2H3,(H,14,15,16). The fourth-order valence-electron chi connectivity index (χ4n) is 2.11. The Hall–Kier alpha value is -1.40. The SMILES string of the molecule is CCCc1nc(NN)c(C)c(N2CCOCC2)n1. The van der Waals surface area contributed by atoms with E-state index in [1.807, 2.05) is 6.92 Å². The molecule has 2 heterocycles. The van der Waals surface area contributed by atoms with Crippen molar-refractivity contribution in [1.82, 2.24) is 9.97 Å². The number of hydrogen-bond acceptors (Lipinski definition) is 6. The van der Waals surface area contributed by atoms with Crippen LogP contribution in [0.5, 0.6) is 0 Å². The van der Waals surface area contributed by atoms with Gasteiger partial charge in [-0.3, -0.25) is 0 Å². The number of anilines is 2. The number of hydrazine groups is 1. The molecule has 6 nitrogen and oxygen atoms in total. The molecule has 0 bridgehead atoms. The van der Waals surface area contributed by atoms with Crippen molar-refractivity contribution < 1.29 is 4.74 Å². The fraction of sp³-hybridized carbons (Fsp3) is 0.667. The van der Waals surface area contributed by atoms with E-state index < -0.39 is 0 Å². The highest BCUT2D eigenvalue weighted by Gasteiger charge is 2.18. The average Bonchev–Trinajstić information content (AvgIpc) is 2.42. The maximum absolute atomic E-state index is 5.53. The van der Waals surface area contributed by atoms with Gasteiger partial charge >= 0.3 is 0 Å². The van der Waals surface area contributed by atoms with Crippen molar-refractivity contribution in [1.29, 1.82) is 0 Å². The van der Waals surface area contributed by atoms with Crippen molar-refractivity contribution in [3.05, 3.63) is 11.4 Å². The Morgan fingerprint density at radius 3 is 2.67 bits per heavy atom. The Kier molecular flexibility index (Phi) is 4.33. The summed E-state index contributed by atoms with van der Waals surface area (Å²) in [6.07, 6.45) is 1.89. The molecule has 0 amide bonds. The van der Waals surface area contributed by atoms with Crippen LogP contribution in [0.25, 0.3) is 0 Å². The number of aromatic nitrogens is 2. The van der Waals surface area contributed by atoms with Gasteiger partial charge in [0.15, 0.2) is 0 Å². The van der Waals surface area contributed by atoms with Gasteiger partial charge in [-0.05, 0) is 13.3 Å². The number of hydrogen-bond donors (Lipinski definition) is 2. The maximum atomic E-state index is 5.53. The smallest absolute Gasteiger partial charge is 0.148 e. The highest BCUT2D eigenvalue weighted by atomic mass is 16.5. The van der Waals surface area contributed by atoms with Gasteiger partial charge in [0.05, 0.1) is 13.2 Å². The zero-order chi connectivity index (χ0) is 13.0. The molecular weight excluding hydrogens is 230 g/mol. The molecule has 1 saturated heterocycles. The van der Waals surface area contributed by atoms with Gasteiger partial charge in [-0.2, -0.15) is 0 Å². The average molecular weight is 251 g/mol. The molecule has 0 aliphatic carbocycles. The van der Waals surface area contributed by atoms with Gasteiger partial charge in [0.1, 0.15) is 17.5 Å². The quantitative estimate of drug-likeness (QED) is 0.610. The Labute approximate surface area is 108 Å². The van der Waals surface area contributed by atoms with Gasteiger partial charge in [0, 0.05) is 25.1 Å². The lowest BCUT2D eigenvalue weighted by Crippen LogP contribution is -2.37. The van der Waals surface area contributed by atoms with Gasteiger partial charge in [0.2, 0.25) is 0 Å². The molecule has 100 valence electrons. The van der Waals surface area contributed by atoms with Crippen LogP contribution in [0.15, 0.2) is 0 Å². The molecule has 0 spiro atoms. The molecule has 0 saturated carbocycles. The maximum Gasteiger partial charge on any atom is 0.148 e. The summed E-state index contributed by atoms with van der Waals surface area (Å²) in [6, 6.07) is 0. The summed E-state index contributed by atoms with van der Waals surface area (Å²) in [7, 11) is 0. The van der Waals surface area contributed by atoms with Crippen molar-refractivity contribution in [2.75, 3.05) is 36.6 Å². The van der Waals surface area contributed by atoms with Crippen molar-refractivity contribution in [3.63, 3.8) is 0 Å². The molecular formula is C12H21N5O. The van der Waals surface area contributed by atoms with E-state index in [0.717, 1.165) is 62.2 Å². The number of nitrogens with one attached hydrogen (secondary N) is 1. The Morgan fingerprint density at radius 2 is 2.06 bits per heavy atom. The molecule has 0 unspecified atom stereocenters. The molecule has 1 aliphatic rings. The normalized spacial score (nSPS) is 15.8. The van der Waals surface area contributed by atoms with Crippen LogP contribution in [0.3, 0.4) is 0 Å². The number of nitrogen functional groups attached to an aromatic ring is 1. The molecule has 1 aromatic heterocycles. The highest BCUT2D eigenvalue weighted by molar-refractivity contribution is 5.58. The van der Waals surface area contributed by atoms with Gasteiger partial charge in [-0.1, -0.05) is 6.92 Å². The van der Waals surface area contributed by atoms with Crippen LogP contribution in [-0.2, 0) is 11.2 Å². The van der Waals surface area contributed by atoms with Crippen LogP contribution >= 0.6 is 0 Å². The van der Waals surface area contributed by atoms with E-state index in [4.69, 9.17) is 10.6 Å². The van der Waals surface area contributed by atoms with Crippen LogP contribution in [0, 0.1) is 6.92 Å². The summed E-state index contributed by atoms with van der Waals surface area (Å²) < 4.78 is 5.37. The number of nitrogens with two attached hydrogens (primary N) is 1. The van der Waals surface area contributed by atoms with Gasteiger partial charge in [-0.15, -0.1) is 0 Å². The highest BCUT2D eigenvalue weighted by Crippen LogP contribution is 2.24. The number of ether oxygens (including phenoxy) is 1. The van der Waals surface area contributed by atoms with E-state index in [2.05, 4.69) is 27.2 Å². The predicted molar refractivity (Wildman–Crippen MR) is 71.6 cm³/mol. The Morgan fingerprint density at radius 1 is 1.33 bits per heavy atom. The summed E-state index contributed by atoms with van der Waals surface area (Å²) in [4.78, 5) is 11.3. The topological polar surface area (TPSA) is 76.3 Å². The fourth-order valence-corrected chi connectivity index (χ4v) is 2.11. The first-order valence-electron chi connectivity index (χ1n) is 6.43. The first kappa shape index (κ1) is 13.0. The van der Waals surface area contributed by atoms with Crippen LogP contribution in [0.1, 0.15) is 24.7 Å². The number of rotatable bonds is 4. The predicted octanol–water partition coefficient (Wildman–Crippen LogP) is 0.860. The number of nitrogens with zero attached hydrogens (tertiary/aromatic N) is 3. The van der Waals surface area contributed by atoms with E-state index >= 15 is 0 Å². The molecule has 1 fully saturated rings. The Balaban J connectivity index is 2.33. The monoisotopic (exact) mass is 251 g/mol. The summed E-state index contributed by atoms with van der Waals surface area (Å²) in [5.74, 6) is 8.07. The first-order chi connectivity index (χ1) is 8.76. The van der Waals surface area contributed by atoms with Gasteiger partial charge in [0.25, 0.3) is 0 Å². The summed E-state index contributed by atoms with van der Waals surface area (Å²) in [6.45, 7) is 7.35. The van der Waals surface area contributed by atoms with Crippen molar-refractivity contribution in [3.8, 4) is 0 Å². The molecule has 18 heavy (non-hydrogen) atoms. The largest absolute Gasteiger partial charge is 0.378 e. The molecule has 0 radical (unpaired) electrons. The van der Waals surface area contributed by atoms with Crippen molar-refractivity contribution in [2.24, 2.45) is 5.84 Å². The minimum absolute atomic E-state index is 0.718. The van der Waals surface area contributed by atoms with E-state index in [-0.39, 0.29) is 0 Å². The minimum atomic E-state index is 0.718. The third-order valence-electron chi connectivity index (χ3n) is 3.09. The van der Waals surface area contributed by atoms with Gasteiger partial charge < -0.3 is 15.1 Å². The van der Waals surface area contributed by atoms with Crippen molar-refractivity contribution >= 4 is 11.6 Å². The summed E-state index contributed by atoms with van der Waals surface area (Å²) in [5.41, 5.74) is 3.66. The van der Waals surface area contributed by atoms with Crippen LogP contribution < -0.4 is 16.2 Å². The van der Waals surface area contributed by atoms with Crippen LogP contribution in [0.2, 0.25) is 0 Å². The van der Waals surface area contributed by atoms with E-state index in [1.165, 1.54) is 0 Å². The minimum Gasteiger partial charge on any atom is -0.378 e. The van der Waals surface area contributed by atoms with E-state index in [9.17, 15) is 0 Å². The summed E-state index contributed by atoms with van der Waals surface area (Å²) >= 11 is 0. The zero-order valence-electron chi connectivity index (χ0n) is 11.1. The van der Waals surface area contributed by atoms with Crippen molar-refractivity contribution in [2.45, 2.75) is 26.7 Å². The lowest BCUT2D eigenvalue weighted by Gasteiger charge is -2.29. The molecule has 0 atom stereocenters. The molecule has 3 N–H and O–H groups in total. The lowest BCUT2D eigenvalue weighted by molar-refractivity contribution is 0.122. The second kappa shape index (κ2) is 5.97. The van der Waals surface area contributed by atoms with Crippen LogP contribution in [-0.4, -0.2) is 36.3 Å². The lowest BCUT2D eigenvalue weighted by atomic mass is 10.2. The number of aryl methyl sites for hydroxylation is 1. The molecule has 2 rings (SSSR count). The second-order valence-electron chi connectivity index (χ2n) is 4.43.